The summed E-state index contributed by atoms with van der Waals surface area (Å²) in [5.41, 5.74) is -5.56. The highest BCUT2D eigenvalue weighted by atomic mass is 19.4. The molecule has 0 atom stereocenters. The van der Waals surface area contributed by atoms with Crippen molar-refractivity contribution >= 4 is 34.9 Å². The van der Waals surface area contributed by atoms with E-state index in [0.29, 0.717) is 0 Å². The van der Waals surface area contributed by atoms with E-state index in [1.165, 1.54) is 48.6 Å². The van der Waals surface area contributed by atoms with Crippen LogP contribution in [0.3, 0.4) is 0 Å². The van der Waals surface area contributed by atoms with E-state index in [1.807, 2.05) is 0 Å². The second-order valence-electron chi connectivity index (χ2n) is 9.92. The van der Waals surface area contributed by atoms with Crippen LogP contribution >= 0.6 is 0 Å². The molecule has 0 bridgehead atoms. The van der Waals surface area contributed by atoms with Gasteiger partial charge in [0.2, 0.25) is 0 Å². The maximum absolute atomic E-state index is 16.0. The summed E-state index contributed by atoms with van der Waals surface area (Å²) in [5, 5.41) is 11.8. The number of anilines is 3. The highest BCUT2D eigenvalue weighted by Crippen LogP contribution is 2.40. The second kappa shape index (κ2) is 10.2. The third-order valence-corrected chi connectivity index (χ3v) is 4.59. The molecule has 0 spiro atoms. The van der Waals surface area contributed by atoms with Crippen molar-refractivity contribution in [3.05, 3.63) is 57.9 Å². The number of carbonyl (C=O) groups is 2. The van der Waals surface area contributed by atoms with Gasteiger partial charge in [0.25, 0.3) is 5.69 Å². The lowest BCUT2D eigenvalue weighted by Gasteiger charge is -2.29. The van der Waals surface area contributed by atoms with E-state index in [4.69, 9.17) is 9.47 Å². The van der Waals surface area contributed by atoms with Gasteiger partial charge in [-0.3, -0.25) is 10.1 Å². The van der Waals surface area contributed by atoms with Crippen LogP contribution in [0.15, 0.2) is 36.4 Å². The molecule has 2 amide bonds. The van der Waals surface area contributed by atoms with Crippen LogP contribution < -0.4 is 9.80 Å². The van der Waals surface area contributed by atoms with E-state index in [2.05, 4.69) is 0 Å². The molecular weight excluding hydrogens is 502 g/mol. The fraction of sp³-hybridized carbons (Fsp3) is 0.417. The zero-order chi connectivity index (χ0) is 28.5. The molecule has 0 saturated carbocycles. The minimum Gasteiger partial charge on any atom is -0.443 e. The smallest absolute Gasteiger partial charge is 0.424 e. The molecule has 37 heavy (non-hydrogen) atoms. The van der Waals surface area contributed by atoms with E-state index < -0.39 is 57.2 Å². The number of hydrogen-bond acceptors (Lipinski definition) is 7. The van der Waals surface area contributed by atoms with Crippen molar-refractivity contribution in [3.8, 4) is 0 Å². The standard InChI is InChI=1S/C24H27F4N3O6/c1-22(2,3)36-20(32)30(21(33)37-23(4,5)6)19-17(31(34)35)13-12-16(18(19)25)29(7)15-10-8-14(9-11-15)24(26,27)28/h8-13H,1-7H3. The van der Waals surface area contributed by atoms with Gasteiger partial charge in [0.15, 0.2) is 11.5 Å². The fourth-order valence-electron chi connectivity index (χ4n) is 3.05. The molecule has 2 aromatic rings. The lowest BCUT2D eigenvalue weighted by atomic mass is 10.1. The minimum atomic E-state index is -4.59. The first-order valence-electron chi connectivity index (χ1n) is 10.9. The Bertz CT molecular complexity index is 1160. The monoisotopic (exact) mass is 529 g/mol. The quantitative estimate of drug-likeness (QED) is 0.234. The van der Waals surface area contributed by atoms with E-state index in [9.17, 15) is 32.9 Å². The Balaban J connectivity index is 2.72. The number of carbonyl (C=O) groups excluding carboxylic acids is 2. The molecule has 0 aromatic heterocycles. The van der Waals surface area contributed by atoms with Gasteiger partial charge in [0.05, 0.1) is 16.2 Å². The van der Waals surface area contributed by atoms with Crippen LogP contribution in [0.25, 0.3) is 0 Å². The number of benzene rings is 2. The average Bonchev–Trinajstić information content (AvgIpc) is 2.71. The van der Waals surface area contributed by atoms with Gasteiger partial charge in [-0.25, -0.2) is 14.0 Å². The first kappa shape index (κ1) is 29.3. The van der Waals surface area contributed by atoms with Crippen LogP contribution in [0.1, 0.15) is 47.1 Å². The van der Waals surface area contributed by atoms with Gasteiger partial charge in [-0.05, 0) is 71.9 Å². The van der Waals surface area contributed by atoms with Crippen molar-refractivity contribution in [2.45, 2.75) is 58.9 Å². The van der Waals surface area contributed by atoms with Crippen molar-refractivity contribution in [2.24, 2.45) is 0 Å². The van der Waals surface area contributed by atoms with Crippen molar-refractivity contribution in [1.29, 1.82) is 0 Å². The van der Waals surface area contributed by atoms with Gasteiger partial charge in [-0.15, -0.1) is 0 Å². The van der Waals surface area contributed by atoms with Gasteiger partial charge in [-0.1, -0.05) is 0 Å². The number of halogens is 4. The summed E-state index contributed by atoms with van der Waals surface area (Å²) in [5.74, 6) is -1.38. The van der Waals surface area contributed by atoms with E-state index in [-0.39, 0.29) is 16.3 Å². The topological polar surface area (TPSA) is 102 Å². The van der Waals surface area contributed by atoms with E-state index in [1.54, 1.807) is 0 Å². The highest BCUT2D eigenvalue weighted by Gasteiger charge is 2.40. The molecule has 13 heteroatoms. The first-order valence-corrected chi connectivity index (χ1v) is 10.9. The molecule has 2 rings (SSSR count). The Kier molecular flexibility index (Phi) is 8.11. The number of nitro benzene ring substituents is 1. The van der Waals surface area contributed by atoms with Crippen LogP contribution in [-0.2, 0) is 15.7 Å². The third-order valence-electron chi connectivity index (χ3n) is 4.59. The number of alkyl halides is 3. The maximum Gasteiger partial charge on any atom is 0.424 e. The third kappa shape index (κ3) is 7.30. The molecule has 0 aliphatic heterocycles. The zero-order valence-corrected chi connectivity index (χ0v) is 21.3. The number of ether oxygens (including phenoxy) is 2. The van der Waals surface area contributed by atoms with Crippen LogP contribution in [0.4, 0.5) is 49.9 Å². The molecule has 202 valence electrons. The van der Waals surface area contributed by atoms with Crippen molar-refractivity contribution in [1.82, 2.24) is 0 Å². The van der Waals surface area contributed by atoms with Gasteiger partial charge in [0.1, 0.15) is 11.2 Å². The van der Waals surface area contributed by atoms with Crippen molar-refractivity contribution in [2.75, 3.05) is 16.8 Å². The summed E-state index contributed by atoms with van der Waals surface area (Å²) in [6.45, 7) is 8.82. The predicted molar refractivity (Wildman–Crippen MR) is 128 cm³/mol. The normalized spacial score (nSPS) is 12.1. The van der Waals surface area contributed by atoms with Crippen molar-refractivity contribution < 1.29 is 41.5 Å². The van der Waals surface area contributed by atoms with E-state index >= 15 is 4.39 Å². The summed E-state index contributed by atoms with van der Waals surface area (Å²) in [7, 11) is 1.29. The largest absolute Gasteiger partial charge is 0.443 e. The molecule has 0 heterocycles. The Labute approximate surface area is 210 Å². The molecule has 9 nitrogen and oxygen atoms in total. The number of imide groups is 1. The number of rotatable bonds is 4. The number of nitro groups is 1. The molecule has 2 aromatic carbocycles. The van der Waals surface area contributed by atoms with Crippen LogP contribution in [0.5, 0.6) is 0 Å². The number of nitrogens with zero attached hydrogens (tertiary/aromatic N) is 3. The summed E-state index contributed by atoms with van der Waals surface area (Å²) in [6.07, 6.45) is -7.46. The molecule has 0 N–H and O–H groups in total. The van der Waals surface area contributed by atoms with E-state index in [0.717, 1.165) is 41.3 Å². The lowest BCUT2D eigenvalue weighted by Crippen LogP contribution is -2.44. The number of hydrogen-bond donors (Lipinski definition) is 0. The highest BCUT2D eigenvalue weighted by molar-refractivity contribution is 6.11. The van der Waals surface area contributed by atoms with Crippen molar-refractivity contribution in [3.63, 3.8) is 0 Å². The Morgan fingerprint density at radius 3 is 1.70 bits per heavy atom. The van der Waals surface area contributed by atoms with Gasteiger partial charge < -0.3 is 14.4 Å². The molecule has 0 unspecified atom stereocenters. The Morgan fingerprint density at radius 1 is 0.865 bits per heavy atom. The first-order chi connectivity index (χ1) is 16.7. The summed E-state index contributed by atoms with van der Waals surface area (Å²) >= 11 is 0. The molecule has 0 saturated heterocycles. The minimum absolute atomic E-state index is 0.0905. The van der Waals surface area contributed by atoms with Gasteiger partial charge in [-0.2, -0.15) is 18.1 Å². The molecule has 0 fully saturated rings. The van der Waals surface area contributed by atoms with Crippen LogP contribution in [-0.4, -0.2) is 35.4 Å². The molecule has 0 aliphatic rings. The predicted octanol–water partition coefficient (Wildman–Crippen LogP) is 7.20. The Morgan fingerprint density at radius 2 is 1.32 bits per heavy atom. The van der Waals surface area contributed by atoms with Crippen LogP contribution in [0, 0.1) is 15.9 Å². The van der Waals surface area contributed by atoms with Gasteiger partial charge >= 0.3 is 18.4 Å². The summed E-state index contributed by atoms with van der Waals surface area (Å²) in [4.78, 5) is 37.9. The fourth-order valence-corrected chi connectivity index (χ4v) is 3.05. The lowest BCUT2D eigenvalue weighted by molar-refractivity contribution is -0.384. The Hall–Kier alpha value is -3.90. The maximum atomic E-state index is 16.0. The molecule has 0 radical (unpaired) electrons. The summed E-state index contributed by atoms with van der Waals surface area (Å²) in [6, 6.07) is 5.56. The molecular formula is C24H27F4N3O6. The molecule has 0 aliphatic carbocycles. The SMILES string of the molecule is CN(c1ccc(C(F)(F)F)cc1)c1ccc([N+](=O)[O-])c(N(C(=O)OC(C)(C)C)C(=O)OC(C)(C)C)c1F. The van der Waals surface area contributed by atoms with Crippen LogP contribution in [0.2, 0.25) is 0 Å². The summed E-state index contributed by atoms with van der Waals surface area (Å²) < 4.78 is 65.1. The average molecular weight is 529 g/mol. The number of amides is 2. The van der Waals surface area contributed by atoms with Gasteiger partial charge in [0, 0.05) is 18.8 Å². The zero-order valence-electron chi connectivity index (χ0n) is 21.3. The second-order valence-corrected chi connectivity index (χ2v) is 9.92.